The van der Waals surface area contributed by atoms with E-state index in [-0.39, 0.29) is 11.2 Å². The Kier molecular flexibility index (Phi) is 6.55. The molecular formula is C22H27N3O4S. The predicted molar refractivity (Wildman–Crippen MR) is 120 cm³/mol. The zero-order valence-corrected chi connectivity index (χ0v) is 19.0. The maximum Gasteiger partial charge on any atom is 0.332 e. The third-order valence-corrected chi connectivity index (χ3v) is 6.15. The molecule has 0 spiro atoms. The second-order valence-electron chi connectivity index (χ2n) is 7.62. The molecule has 2 heterocycles. The van der Waals surface area contributed by atoms with E-state index in [4.69, 9.17) is 9.47 Å². The van der Waals surface area contributed by atoms with Gasteiger partial charge in [-0.15, -0.1) is 11.8 Å². The minimum Gasteiger partial charge on any atom is -0.497 e. The highest BCUT2D eigenvalue weighted by Gasteiger charge is 2.18. The Balaban J connectivity index is 2.15. The summed E-state index contributed by atoms with van der Waals surface area (Å²) in [6.07, 6.45) is 2.58. The number of ether oxygens (including phenoxy) is 2. The first kappa shape index (κ1) is 22.0. The zero-order valence-electron chi connectivity index (χ0n) is 18.2. The molecule has 0 bridgehead atoms. The third-order valence-electron chi connectivity index (χ3n) is 4.92. The molecule has 7 nitrogen and oxygen atoms in total. The van der Waals surface area contributed by atoms with Crippen molar-refractivity contribution in [2.45, 2.75) is 30.9 Å². The molecule has 0 radical (unpaired) electrons. The van der Waals surface area contributed by atoms with Crippen LogP contribution in [0.3, 0.4) is 0 Å². The van der Waals surface area contributed by atoms with Crippen LogP contribution in [0.2, 0.25) is 0 Å². The Morgan fingerprint density at radius 1 is 1.03 bits per heavy atom. The summed E-state index contributed by atoms with van der Waals surface area (Å²) in [6, 6.07) is 5.73. The fourth-order valence-corrected chi connectivity index (χ4v) is 4.52. The summed E-state index contributed by atoms with van der Waals surface area (Å²) in [5.74, 6) is 2.44. The summed E-state index contributed by atoms with van der Waals surface area (Å²) >= 11 is 1.57. The fourth-order valence-electron chi connectivity index (χ4n) is 3.40. The normalized spacial score (nSPS) is 11.3. The molecular weight excluding hydrogens is 402 g/mol. The first-order chi connectivity index (χ1) is 14.3. The van der Waals surface area contributed by atoms with Crippen LogP contribution in [0.25, 0.3) is 11.0 Å². The van der Waals surface area contributed by atoms with E-state index < -0.39 is 0 Å². The molecule has 0 amide bonds. The highest BCUT2D eigenvalue weighted by Crippen LogP contribution is 2.34. The van der Waals surface area contributed by atoms with Gasteiger partial charge in [-0.2, -0.15) is 0 Å². The quantitative estimate of drug-likeness (QED) is 0.537. The Morgan fingerprint density at radius 2 is 1.67 bits per heavy atom. The number of thioether (sulfide) groups is 1. The highest BCUT2D eigenvalue weighted by atomic mass is 32.2. The van der Waals surface area contributed by atoms with Gasteiger partial charge in [0.15, 0.2) is 0 Å². The van der Waals surface area contributed by atoms with Crippen molar-refractivity contribution in [3.63, 3.8) is 0 Å². The van der Waals surface area contributed by atoms with Gasteiger partial charge in [0.2, 0.25) is 0 Å². The maximum absolute atomic E-state index is 13.0. The lowest BCUT2D eigenvalue weighted by atomic mass is 10.0. The molecule has 0 atom stereocenters. The summed E-state index contributed by atoms with van der Waals surface area (Å²) in [5.41, 5.74) is 1.72. The first-order valence-electron chi connectivity index (χ1n) is 9.69. The van der Waals surface area contributed by atoms with Crippen molar-refractivity contribution in [1.29, 1.82) is 0 Å². The molecule has 3 aromatic rings. The van der Waals surface area contributed by atoms with E-state index in [1.165, 1.54) is 11.6 Å². The van der Waals surface area contributed by atoms with E-state index >= 15 is 0 Å². The molecule has 0 aliphatic carbocycles. The summed E-state index contributed by atoms with van der Waals surface area (Å²) in [6.45, 7) is 4.26. The molecule has 160 valence electrons. The lowest BCUT2D eigenvalue weighted by Crippen LogP contribution is -2.37. The molecule has 0 N–H and O–H groups in total. The number of benzene rings is 1. The van der Waals surface area contributed by atoms with Gasteiger partial charge in [-0.1, -0.05) is 13.8 Å². The van der Waals surface area contributed by atoms with Crippen molar-refractivity contribution < 1.29 is 9.47 Å². The van der Waals surface area contributed by atoms with Crippen LogP contribution in [-0.4, -0.2) is 28.3 Å². The van der Waals surface area contributed by atoms with E-state index in [1.807, 2.05) is 18.2 Å². The molecule has 0 saturated carbocycles. The van der Waals surface area contributed by atoms with E-state index in [2.05, 4.69) is 18.8 Å². The van der Waals surface area contributed by atoms with E-state index in [0.29, 0.717) is 34.2 Å². The van der Waals surface area contributed by atoms with Crippen molar-refractivity contribution in [2.75, 3.05) is 14.2 Å². The van der Waals surface area contributed by atoms with E-state index in [0.717, 1.165) is 27.0 Å². The molecule has 30 heavy (non-hydrogen) atoms. The molecule has 0 aliphatic rings. The SMILES string of the molecule is COc1cc(CSc2c(CC(C)C)cnc3c2c(=O)n(C)c(=O)n3C)cc(OC)c1. The van der Waals surface area contributed by atoms with Crippen LogP contribution in [0.5, 0.6) is 11.5 Å². The molecule has 2 aromatic heterocycles. The number of hydrogen-bond donors (Lipinski definition) is 0. The third kappa shape index (κ3) is 4.23. The molecule has 0 saturated heterocycles. The molecule has 3 rings (SSSR count). The van der Waals surface area contributed by atoms with Crippen molar-refractivity contribution in [1.82, 2.24) is 14.1 Å². The Labute approximate surface area is 179 Å². The van der Waals surface area contributed by atoms with Crippen molar-refractivity contribution in [2.24, 2.45) is 20.0 Å². The lowest BCUT2D eigenvalue weighted by Gasteiger charge is -2.16. The van der Waals surface area contributed by atoms with Gasteiger partial charge in [-0.3, -0.25) is 13.9 Å². The first-order valence-corrected chi connectivity index (χ1v) is 10.7. The molecule has 0 unspecified atom stereocenters. The number of aryl methyl sites for hydroxylation is 1. The van der Waals surface area contributed by atoms with Gasteiger partial charge < -0.3 is 9.47 Å². The Morgan fingerprint density at radius 3 is 2.23 bits per heavy atom. The molecule has 1 aromatic carbocycles. The zero-order chi connectivity index (χ0) is 22.0. The van der Waals surface area contributed by atoms with Crippen LogP contribution < -0.4 is 20.7 Å². The maximum atomic E-state index is 13.0. The number of fused-ring (bicyclic) bond motifs is 1. The molecule has 0 fully saturated rings. The average Bonchev–Trinajstić information content (AvgIpc) is 2.74. The van der Waals surface area contributed by atoms with Crippen LogP contribution in [0, 0.1) is 5.92 Å². The van der Waals surface area contributed by atoms with Gasteiger partial charge >= 0.3 is 5.69 Å². The fraction of sp³-hybridized carbons (Fsp3) is 0.409. The number of methoxy groups -OCH3 is 2. The van der Waals surface area contributed by atoms with Gasteiger partial charge in [0.25, 0.3) is 5.56 Å². The minimum absolute atomic E-state index is 0.322. The lowest BCUT2D eigenvalue weighted by molar-refractivity contribution is 0.393. The van der Waals surface area contributed by atoms with Crippen LogP contribution in [0.4, 0.5) is 0 Å². The van der Waals surface area contributed by atoms with Gasteiger partial charge in [0.1, 0.15) is 17.1 Å². The number of hydrogen-bond acceptors (Lipinski definition) is 6. The summed E-state index contributed by atoms with van der Waals surface area (Å²) in [4.78, 5) is 30.7. The average molecular weight is 430 g/mol. The summed E-state index contributed by atoms with van der Waals surface area (Å²) in [7, 11) is 6.38. The Bertz CT molecular complexity index is 1180. The van der Waals surface area contributed by atoms with Crippen molar-refractivity contribution in [3.8, 4) is 11.5 Å². The summed E-state index contributed by atoms with van der Waals surface area (Å²) < 4.78 is 13.3. The van der Waals surface area contributed by atoms with Crippen LogP contribution >= 0.6 is 11.8 Å². The predicted octanol–water partition coefficient (Wildman–Crippen LogP) is 3.14. The van der Waals surface area contributed by atoms with Crippen molar-refractivity contribution >= 4 is 22.8 Å². The topological polar surface area (TPSA) is 75.4 Å². The van der Waals surface area contributed by atoms with Crippen molar-refractivity contribution in [3.05, 3.63) is 56.4 Å². The molecule has 8 heteroatoms. The number of aromatic nitrogens is 3. The second kappa shape index (κ2) is 8.95. The smallest absolute Gasteiger partial charge is 0.332 e. The number of pyridine rings is 1. The highest BCUT2D eigenvalue weighted by molar-refractivity contribution is 7.98. The van der Waals surface area contributed by atoms with E-state index in [1.54, 1.807) is 39.2 Å². The van der Waals surface area contributed by atoms with Crippen LogP contribution in [0.15, 0.2) is 38.9 Å². The van der Waals surface area contributed by atoms with Crippen LogP contribution in [0.1, 0.15) is 25.0 Å². The Hall–Kier alpha value is -2.74. The minimum atomic E-state index is -0.384. The van der Waals surface area contributed by atoms with E-state index in [9.17, 15) is 9.59 Å². The second-order valence-corrected chi connectivity index (χ2v) is 8.61. The van der Waals surface area contributed by atoms with Gasteiger partial charge in [-0.25, -0.2) is 9.78 Å². The molecule has 0 aliphatic heterocycles. The van der Waals surface area contributed by atoms with Gasteiger partial charge in [0, 0.05) is 37.0 Å². The largest absolute Gasteiger partial charge is 0.497 e. The standard InChI is InChI=1S/C22H27N3O4S/c1-13(2)7-15-11-23-20-18(21(26)25(4)22(27)24(20)3)19(15)30-12-14-8-16(28-5)10-17(9-14)29-6/h8-11,13H,7,12H2,1-6H3. The monoisotopic (exact) mass is 429 g/mol. The van der Waals surface area contributed by atoms with Gasteiger partial charge in [-0.05, 0) is 35.6 Å². The summed E-state index contributed by atoms with van der Waals surface area (Å²) in [5, 5.41) is 0.484. The number of rotatable bonds is 7. The van der Waals surface area contributed by atoms with Gasteiger partial charge in [0.05, 0.1) is 19.6 Å². The van der Waals surface area contributed by atoms with Crippen LogP contribution in [-0.2, 0) is 26.3 Å². The number of nitrogens with zero attached hydrogens (tertiary/aromatic N) is 3.